The van der Waals surface area contributed by atoms with Crippen LogP contribution in [0.2, 0.25) is 0 Å². The zero-order valence-corrected chi connectivity index (χ0v) is 14.3. The van der Waals surface area contributed by atoms with Gasteiger partial charge in [-0.3, -0.25) is 0 Å². The van der Waals surface area contributed by atoms with Crippen molar-refractivity contribution in [1.29, 1.82) is 0 Å². The summed E-state index contributed by atoms with van der Waals surface area (Å²) in [5, 5.41) is 0. The second-order valence-corrected chi connectivity index (χ2v) is 6.75. The molecule has 0 amide bonds. The Kier molecular flexibility index (Phi) is 10.7. The first-order valence-corrected chi connectivity index (χ1v) is 9.10. The fourth-order valence-corrected chi connectivity index (χ4v) is 4.62. The second kappa shape index (κ2) is 10.4. The van der Waals surface area contributed by atoms with E-state index in [0.717, 1.165) is 41.2 Å². The SMILES string of the molecule is CCN(CC)C(=S)CSSC(=S)N(CC)CC. The van der Waals surface area contributed by atoms with Crippen molar-refractivity contribution in [3.63, 3.8) is 0 Å². The molecule has 0 radical (unpaired) electrons. The fraction of sp³-hybridized carbons (Fsp3) is 0.818. The molecule has 6 heteroatoms. The van der Waals surface area contributed by atoms with Crippen molar-refractivity contribution in [3.05, 3.63) is 0 Å². The van der Waals surface area contributed by atoms with Crippen molar-refractivity contribution < 1.29 is 0 Å². The molecule has 0 atom stereocenters. The predicted octanol–water partition coefficient (Wildman–Crippen LogP) is 3.66. The van der Waals surface area contributed by atoms with Crippen LogP contribution in [0.25, 0.3) is 0 Å². The Morgan fingerprint density at radius 1 is 0.882 bits per heavy atom. The Morgan fingerprint density at radius 2 is 1.35 bits per heavy atom. The Labute approximate surface area is 124 Å². The summed E-state index contributed by atoms with van der Waals surface area (Å²) in [6.07, 6.45) is 0. The van der Waals surface area contributed by atoms with Crippen molar-refractivity contribution in [1.82, 2.24) is 9.80 Å². The van der Waals surface area contributed by atoms with Crippen LogP contribution in [0.15, 0.2) is 0 Å². The summed E-state index contributed by atoms with van der Waals surface area (Å²) in [5.41, 5.74) is 0. The largest absolute Gasteiger partial charge is 0.366 e. The van der Waals surface area contributed by atoms with E-state index in [1.807, 2.05) is 0 Å². The summed E-state index contributed by atoms with van der Waals surface area (Å²) in [6, 6.07) is 0. The van der Waals surface area contributed by atoms with Gasteiger partial charge in [0, 0.05) is 26.2 Å². The van der Waals surface area contributed by atoms with Crippen LogP contribution in [0.4, 0.5) is 0 Å². The maximum absolute atomic E-state index is 5.38. The van der Waals surface area contributed by atoms with Gasteiger partial charge in [-0.1, -0.05) is 35.2 Å². The number of hydrogen-bond acceptors (Lipinski definition) is 4. The van der Waals surface area contributed by atoms with Crippen LogP contribution in [-0.4, -0.2) is 51.0 Å². The Morgan fingerprint density at radius 3 is 1.76 bits per heavy atom. The topological polar surface area (TPSA) is 6.48 Å². The maximum Gasteiger partial charge on any atom is 0.147 e. The van der Waals surface area contributed by atoms with Crippen molar-refractivity contribution in [2.24, 2.45) is 0 Å². The van der Waals surface area contributed by atoms with Crippen LogP contribution in [0.3, 0.4) is 0 Å². The lowest BCUT2D eigenvalue weighted by Gasteiger charge is -2.22. The highest BCUT2D eigenvalue weighted by Crippen LogP contribution is 2.25. The molecule has 0 fully saturated rings. The molecule has 0 unspecified atom stereocenters. The van der Waals surface area contributed by atoms with Crippen molar-refractivity contribution in [3.8, 4) is 0 Å². The summed E-state index contributed by atoms with van der Waals surface area (Å²) < 4.78 is 0.961. The van der Waals surface area contributed by atoms with E-state index < -0.39 is 0 Å². The van der Waals surface area contributed by atoms with E-state index >= 15 is 0 Å². The molecule has 0 rings (SSSR count). The molecule has 0 aromatic rings. The first-order chi connectivity index (χ1) is 8.10. The molecule has 0 aliphatic rings. The van der Waals surface area contributed by atoms with Gasteiger partial charge in [0.25, 0.3) is 0 Å². The number of thiocarbonyl (C=S) groups is 2. The van der Waals surface area contributed by atoms with Crippen LogP contribution in [0.5, 0.6) is 0 Å². The third-order valence-electron chi connectivity index (χ3n) is 2.45. The van der Waals surface area contributed by atoms with E-state index in [1.54, 1.807) is 21.6 Å². The molecule has 100 valence electrons. The van der Waals surface area contributed by atoms with Gasteiger partial charge in [0.05, 0.1) is 10.7 Å². The zero-order chi connectivity index (χ0) is 13.3. The molecular weight excluding hydrogens is 288 g/mol. The minimum absolute atomic E-state index is 0.864. The van der Waals surface area contributed by atoms with E-state index in [1.165, 1.54) is 0 Å². The Hall–Kier alpha value is 0.480. The quantitative estimate of drug-likeness (QED) is 0.519. The molecule has 2 nitrogen and oxygen atoms in total. The van der Waals surface area contributed by atoms with Crippen molar-refractivity contribution in [2.45, 2.75) is 27.7 Å². The Bertz CT molecular complexity index is 214. The number of hydrogen-bond donors (Lipinski definition) is 0. The summed E-state index contributed by atoms with van der Waals surface area (Å²) >= 11 is 10.7. The standard InChI is InChI=1S/C11H22N2S4/c1-5-12(6-2)10(14)9-16-17-11(15)13(7-3)8-4/h5-9H2,1-4H3. The lowest BCUT2D eigenvalue weighted by molar-refractivity contribution is 0.472. The van der Waals surface area contributed by atoms with E-state index in [-0.39, 0.29) is 0 Å². The maximum atomic E-state index is 5.38. The molecule has 0 aromatic heterocycles. The van der Waals surface area contributed by atoms with Gasteiger partial charge in [0.1, 0.15) is 4.32 Å². The van der Waals surface area contributed by atoms with E-state index in [0.29, 0.717) is 0 Å². The zero-order valence-electron chi connectivity index (χ0n) is 11.1. The summed E-state index contributed by atoms with van der Waals surface area (Å²) in [6.45, 7) is 12.4. The fourth-order valence-electron chi connectivity index (χ4n) is 1.33. The van der Waals surface area contributed by atoms with Gasteiger partial charge < -0.3 is 9.80 Å². The second-order valence-electron chi connectivity index (χ2n) is 3.35. The predicted molar refractivity (Wildman–Crippen MR) is 91.1 cm³/mol. The van der Waals surface area contributed by atoms with Crippen molar-refractivity contribution in [2.75, 3.05) is 31.9 Å². The molecule has 0 saturated heterocycles. The van der Waals surface area contributed by atoms with Crippen LogP contribution >= 0.6 is 46.0 Å². The molecule has 0 aliphatic heterocycles. The van der Waals surface area contributed by atoms with Gasteiger partial charge in [-0.25, -0.2) is 0 Å². The highest BCUT2D eigenvalue weighted by molar-refractivity contribution is 8.83. The third kappa shape index (κ3) is 6.84. The smallest absolute Gasteiger partial charge is 0.147 e. The van der Waals surface area contributed by atoms with Crippen LogP contribution in [0.1, 0.15) is 27.7 Å². The van der Waals surface area contributed by atoms with E-state index in [2.05, 4.69) is 37.5 Å². The number of nitrogens with zero attached hydrogens (tertiary/aromatic N) is 2. The Balaban J connectivity index is 3.90. The third-order valence-corrected chi connectivity index (χ3v) is 5.95. The lowest BCUT2D eigenvalue weighted by atomic mass is 10.5. The minimum atomic E-state index is 0.864. The first kappa shape index (κ1) is 17.5. The molecular formula is C11H22N2S4. The molecule has 0 spiro atoms. The molecule has 0 heterocycles. The summed E-state index contributed by atoms with van der Waals surface area (Å²) in [4.78, 5) is 5.42. The summed E-state index contributed by atoms with van der Waals surface area (Å²) in [5.74, 6) is 0.864. The van der Waals surface area contributed by atoms with E-state index in [9.17, 15) is 0 Å². The molecule has 0 saturated carbocycles. The molecule has 0 aromatic carbocycles. The van der Waals surface area contributed by atoms with Gasteiger partial charge in [0.15, 0.2) is 0 Å². The molecule has 0 aliphatic carbocycles. The summed E-state index contributed by atoms with van der Waals surface area (Å²) in [7, 11) is 3.40. The van der Waals surface area contributed by atoms with Gasteiger partial charge in [-0.05, 0) is 38.5 Å². The molecule has 17 heavy (non-hydrogen) atoms. The average Bonchev–Trinajstić information content (AvgIpc) is 2.32. The van der Waals surface area contributed by atoms with Gasteiger partial charge in [0.2, 0.25) is 0 Å². The van der Waals surface area contributed by atoms with E-state index in [4.69, 9.17) is 24.4 Å². The van der Waals surface area contributed by atoms with Crippen LogP contribution in [-0.2, 0) is 0 Å². The molecule has 0 bridgehead atoms. The average molecular weight is 311 g/mol. The first-order valence-electron chi connectivity index (χ1n) is 5.96. The van der Waals surface area contributed by atoms with Crippen molar-refractivity contribution >= 4 is 55.3 Å². The minimum Gasteiger partial charge on any atom is -0.366 e. The lowest BCUT2D eigenvalue weighted by Crippen LogP contribution is -2.30. The monoisotopic (exact) mass is 310 g/mol. The highest BCUT2D eigenvalue weighted by Gasteiger charge is 2.09. The van der Waals surface area contributed by atoms with Crippen LogP contribution < -0.4 is 0 Å². The molecule has 0 N–H and O–H groups in total. The highest BCUT2D eigenvalue weighted by atomic mass is 33.1. The van der Waals surface area contributed by atoms with Crippen LogP contribution in [0, 0.1) is 0 Å². The van der Waals surface area contributed by atoms with Gasteiger partial charge >= 0.3 is 0 Å². The van der Waals surface area contributed by atoms with Gasteiger partial charge in [-0.15, -0.1) is 0 Å². The number of rotatable bonds is 7. The van der Waals surface area contributed by atoms with Gasteiger partial charge in [-0.2, -0.15) is 0 Å². The normalized spacial score (nSPS) is 10.1.